The van der Waals surface area contributed by atoms with Crippen molar-refractivity contribution in [3.8, 4) is 0 Å². The topological polar surface area (TPSA) is 79.5 Å². The number of nitrogens with one attached hydrogen (secondary N) is 3. The molecule has 2 atom stereocenters. The van der Waals surface area contributed by atoms with Gasteiger partial charge in [0.2, 0.25) is 5.91 Å². The van der Waals surface area contributed by atoms with Crippen LogP contribution in [0.4, 0.5) is 5.69 Å². The predicted octanol–water partition coefficient (Wildman–Crippen LogP) is 1.16. The second-order valence-corrected chi connectivity index (χ2v) is 5.76. The summed E-state index contributed by atoms with van der Waals surface area (Å²) in [7, 11) is 0. The molecule has 7 heteroatoms. The summed E-state index contributed by atoms with van der Waals surface area (Å²) in [5.41, 5.74) is 3.03. The van der Waals surface area contributed by atoms with Crippen LogP contribution in [-0.4, -0.2) is 37.6 Å². The predicted molar refractivity (Wildman–Crippen MR) is 89.8 cm³/mol. The zero-order valence-electron chi connectivity index (χ0n) is 13.1. The molecular weight excluding hydrogens is 318 g/mol. The SMILES string of the molecule is CC(NC(=O)C1CNCCO1)c1ccc2c(c1)CCC(=O)N2.Cl. The first kappa shape index (κ1) is 17.7. The van der Waals surface area contributed by atoms with Crippen molar-refractivity contribution in [2.24, 2.45) is 0 Å². The van der Waals surface area contributed by atoms with Crippen molar-refractivity contribution in [2.75, 3.05) is 25.0 Å². The monoisotopic (exact) mass is 339 g/mol. The average Bonchev–Trinajstić information content (AvgIpc) is 2.55. The van der Waals surface area contributed by atoms with Gasteiger partial charge >= 0.3 is 0 Å². The van der Waals surface area contributed by atoms with Crippen LogP contribution >= 0.6 is 12.4 Å². The Kier molecular flexibility index (Phi) is 5.98. The van der Waals surface area contributed by atoms with Gasteiger partial charge in [-0.1, -0.05) is 12.1 Å². The molecule has 1 saturated heterocycles. The molecule has 1 aromatic rings. The number of anilines is 1. The van der Waals surface area contributed by atoms with Gasteiger partial charge in [0.15, 0.2) is 0 Å². The lowest BCUT2D eigenvalue weighted by Crippen LogP contribution is -2.48. The molecule has 0 aromatic heterocycles. The fraction of sp³-hybridized carbons (Fsp3) is 0.500. The second kappa shape index (κ2) is 7.77. The summed E-state index contributed by atoms with van der Waals surface area (Å²) in [6, 6.07) is 5.80. The Bertz CT molecular complexity index is 588. The molecule has 1 fully saturated rings. The number of amides is 2. The van der Waals surface area contributed by atoms with E-state index >= 15 is 0 Å². The van der Waals surface area contributed by atoms with E-state index in [2.05, 4.69) is 22.0 Å². The Morgan fingerprint density at radius 2 is 2.22 bits per heavy atom. The normalized spacial score (nSPS) is 21.4. The number of aryl methyl sites for hydroxylation is 1. The number of carbonyl (C=O) groups excluding carboxylic acids is 2. The van der Waals surface area contributed by atoms with Gasteiger partial charge in [0.25, 0.3) is 5.91 Å². The zero-order chi connectivity index (χ0) is 15.5. The molecule has 2 aliphatic heterocycles. The van der Waals surface area contributed by atoms with E-state index in [1.54, 1.807) is 0 Å². The van der Waals surface area contributed by atoms with Crippen LogP contribution < -0.4 is 16.0 Å². The highest BCUT2D eigenvalue weighted by molar-refractivity contribution is 5.93. The van der Waals surface area contributed by atoms with Gasteiger partial charge in [0.05, 0.1) is 12.6 Å². The summed E-state index contributed by atoms with van der Waals surface area (Å²) in [6.45, 7) is 3.85. The van der Waals surface area contributed by atoms with E-state index < -0.39 is 6.10 Å². The van der Waals surface area contributed by atoms with Gasteiger partial charge in [0.1, 0.15) is 6.10 Å². The highest BCUT2D eigenvalue weighted by Crippen LogP contribution is 2.26. The maximum atomic E-state index is 12.2. The van der Waals surface area contributed by atoms with Crippen molar-refractivity contribution >= 4 is 29.9 Å². The zero-order valence-corrected chi connectivity index (χ0v) is 13.9. The molecule has 126 valence electrons. The van der Waals surface area contributed by atoms with Gasteiger partial charge in [-0.15, -0.1) is 12.4 Å². The lowest BCUT2D eigenvalue weighted by Gasteiger charge is -2.25. The number of halogens is 1. The van der Waals surface area contributed by atoms with Crippen molar-refractivity contribution in [3.05, 3.63) is 29.3 Å². The van der Waals surface area contributed by atoms with Crippen molar-refractivity contribution in [1.82, 2.24) is 10.6 Å². The molecule has 1 aromatic carbocycles. The first-order valence-electron chi connectivity index (χ1n) is 7.69. The summed E-state index contributed by atoms with van der Waals surface area (Å²) in [5.74, 6) is -0.0331. The summed E-state index contributed by atoms with van der Waals surface area (Å²) >= 11 is 0. The van der Waals surface area contributed by atoms with Gasteiger partial charge in [-0.05, 0) is 30.5 Å². The summed E-state index contributed by atoms with van der Waals surface area (Å²) < 4.78 is 5.46. The molecule has 2 aliphatic rings. The van der Waals surface area contributed by atoms with Crippen molar-refractivity contribution in [2.45, 2.75) is 31.9 Å². The Balaban J connectivity index is 0.00000192. The third-order valence-electron chi connectivity index (χ3n) is 4.10. The molecule has 2 heterocycles. The van der Waals surface area contributed by atoms with Crippen LogP contribution in [0.2, 0.25) is 0 Å². The van der Waals surface area contributed by atoms with Gasteiger partial charge in [-0.2, -0.15) is 0 Å². The molecule has 0 saturated carbocycles. The number of morpholine rings is 1. The molecule has 3 N–H and O–H groups in total. The fourth-order valence-electron chi connectivity index (χ4n) is 2.80. The van der Waals surface area contributed by atoms with Crippen molar-refractivity contribution in [3.63, 3.8) is 0 Å². The van der Waals surface area contributed by atoms with Crippen LogP contribution in [-0.2, 0) is 20.7 Å². The number of ether oxygens (including phenoxy) is 1. The minimum absolute atomic E-state index is 0. The number of hydrogen-bond donors (Lipinski definition) is 3. The molecule has 2 amide bonds. The maximum absolute atomic E-state index is 12.2. The van der Waals surface area contributed by atoms with Crippen LogP contribution in [0, 0.1) is 0 Å². The number of fused-ring (bicyclic) bond motifs is 1. The fourth-order valence-corrected chi connectivity index (χ4v) is 2.80. The van der Waals surface area contributed by atoms with Gasteiger partial charge in [-0.3, -0.25) is 9.59 Å². The maximum Gasteiger partial charge on any atom is 0.250 e. The molecule has 2 unspecified atom stereocenters. The van der Waals surface area contributed by atoms with Gasteiger partial charge in [0, 0.05) is 25.2 Å². The van der Waals surface area contributed by atoms with E-state index in [0.29, 0.717) is 19.6 Å². The van der Waals surface area contributed by atoms with E-state index in [0.717, 1.165) is 29.8 Å². The first-order chi connectivity index (χ1) is 10.6. The first-order valence-corrected chi connectivity index (χ1v) is 7.69. The summed E-state index contributed by atoms with van der Waals surface area (Å²) in [6.07, 6.45) is 0.831. The van der Waals surface area contributed by atoms with Crippen LogP contribution in [0.5, 0.6) is 0 Å². The van der Waals surface area contributed by atoms with Crippen LogP contribution in [0.15, 0.2) is 18.2 Å². The molecule has 0 spiro atoms. The van der Waals surface area contributed by atoms with E-state index in [9.17, 15) is 9.59 Å². The van der Waals surface area contributed by atoms with Crippen LogP contribution in [0.25, 0.3) is 0 Å². The standard InChI is InChI=1S/C16H21N3O3.ClH/c1-10(18-16(21)14-9-17-6-7-22-14)11-2-4-13-12(8-11)3-5-15(20)19-13;/h2,4,8,10,14,17H,3,5-7,9H2,1H3,(H,18,21)(H,19,20);1H. The van der Waals surface area contributed by atoms with E-state index in [1.165, 1.54) is 0 Å². The minimum Gasteiger partial charge on any atom is -0.366 e. The number of rotatable bonds is 3. The Morgan fingerprint density at radius 1 is 1.39 bits per heavy atom. The molecule has 3 rings (SSSR count). The van der Waals surface area contributed by atoms with Crippen LogP contribution in [0.3, 0.4) is 0 Å². The lowest BCUT2D eigenvalue weighted by molar-refractivity contribution is -0.134. The molecule has 0 aliphatic carbocycles. The van der Waals surface area contributed by atoms with Crippen LogP contribution in [0.1, 0.15) is 30.5 Å². The Labute approximate surface area is 141 Å². The molecule has 0 radical (unpaired) electrons. The van der Waals surface area contributed by atoms with Gasteiger partial charge in [-0.25, -0.2) is 0 Å². The number of hydrogen-bond acceptors (Lipinski definition) is 4. The molecule has 0 bridgehead atoms. The van der Waals surface area contributed by atoms with E-state index in [4.69, 9.17) is 4.74 Å². The third-order valence-corrected chi connectivity index (χ3v) is 4.10. The lowest BCUT2D eigenvalue weighted by atomic mass is 9.97. The molecule has 23 heavy (non-hydrogen) atoms. The Hall–Kier alpha value is -1.63. The molecular formula is C16H22ClN3O3. The molecule has 6 nitrogen and oxygen atoms in total. The van der Waals surface area contributed by atoms with Crippen molar-refractivity contribution in [1.29, 1.82) is 0 Å². The summed E-state index contributed by atoms with van der Waals surface area (Å²) in [5, 5.41) is 9.00. The second-order valence-electron chi connectivity index (χ2n) is 5.76. The minimum atomic E-state index is -0.423. The van der Waals surface area contributed by atoms with Gasteiger partial charge < -0.3 is 20.7 Å². The number of benzene rings is 1. The summed E-state index contributed by atoms with van der Waals surface area (Å²) in [4.78, 5) is 23.6. The quantitative estimate of drug-likeness (QED) is 0.772. The van der Waals surface area contributed by atoms with Crippen molar-refractivity contribution < 1.29 is 14.3 Å². The highest BCUT2D eigenvalue weighted by atomic mass is 35.5. The Morgan fingerprint density at radius 3 is 2.96 bits per heavy atom. The average molecular weight is 340 g/mol. The van der Waals surface area contributed by atoms with E-state index in [-0.39, 0.29) is 30.3 Å². The third kappa shape index (κ3) is 4.22. The highest BCUT2D eigenvalue weighted by Gasteiger charge is 2.24. The number of carbonyl (C=O) groups is 2. The van der Waals surface area contributed by atoms with E-state index in [1.807, 2.05) is 19.1 Å². The largest absolute Gasteiger partial charge is 0.366 e. The smallest absolute Gasteiger partial charge is 0.250 e.